The molecule has 1 aliphatic rings. The number of hydrogen-bond acceptors (Lipinski definition) is 5. The van der Waals surface area contributed by atoms with Crippen LogP contribution < -0.4 is 15.2 Å². The third-order valence-corrected chi connectivity index (χ3v) is 4.63. The SMILES string of the molecule is C=C1C[C@@H](CO)N(C(=O)c2cc(OC)c(OCc3ccccc3)cc2N)C1. The predicted molar refractivity (Wildman–Crippen MR) is 104 cm³/mol. The van der Waals surface area contributed by atoms with Crippen LogP contribution in [0.2, 0.25) is 0 Å². The molecule has 0 bridgehead atoms. The summed E-state index contributed by atoms with van der Waals surface area (Å²) in [6.45, 7) is 4.59. The van der Waals surface area contributed by atoms with E-state index in [2.05, 4.69) is 6.58 Å². The van der Waals surface area contributed by atoms with Crippen molar-refractivity contribution in [2.75, 3.05) is 26.0 Å². The third-order valence-electron chi connectivity index (χ3n) is 4.63. The lowest BCUT2D eigenvalue weighted by Crippen LogP contribution is -2.38. The van der Waals surface area contributed by atoms with E-state index >= 15 is 0 Å². The number of aliphatic hydroxyl groups excluding tert-OH is 1. The molecule has 2 aromatic rings. The highest BCUT2D eigenvalue weighted by Crippen LogP contribution is 2.34. The smallest absolute Gasteiger partial charge is 0.256 e. The van der Waals surface area contributed by atoms with Crippen molar-refractivity contribution in [3.63, 3.8) is 0 Å². The minimum absolute atomic E-state index is 0.111. The Morgan fingerprint density at radius 3 is 2.70 bits per heavy atom. The molecule has 0 saturated carbocycles. The van der Waals surface area contributed by atoms with Crippen LogP contribution in [0.4, 0.5) is 5.69 Å². The van der Waals surface area contributed by atoms with Crippen LogP contribution in [0.3, 0.4) is 0 Å². The Bertz CT molecular complexity index is 836. The van der Waals surface area contributed by atoms with Gasteiger partial charge in [-0.05, 0) is 18.1 Å². The van der Waals surface area contributed by atoms with E-state index in [1.54, 1.807) is 17.0 Å². The van der Waals surface area contributed by atoms with Crippen LogP contribution in [0.25, 0.3) is 0 Å². The summed E-state index contributed by atoms with van der Waals surface area (Å²) in [4.78, 5) is 14.5. The summed E-state index contributed by atoms with van der Waals surface area (Å²) in [5.74, 6) is 0.653. The molecule has 6 nitrogen and oxygen atoms in total. The molecule has 0 aromatic heterocycles. The number of benzene rings is 2. The Labute approximate surface area is 158 Å². The minimum Gasteiger partial charge on any atom is -0.493 e. The number of likely N-dealkylation sites (tertiary alicyclic amines) is 1. The Balaban J connectivity index is 1.83. The van der Waals surface area contributed by atoms with Crippen molar-refractivity contribution >= 4 is 11.6 Å². The van der Waals surface area contributed by atoms with E-state index in [9.17, 15) is 9.90 Å². The molecule has 3 N–H and O–H groups in total. The molecule has 0 unspecified atom stereocenters. The molecule has 6 heteroatoms. The van der Waals surface area contributed by atoms with Gasteiger partial charge in [-0.3, -0.25) is 4.79 Å². The standard InChI is InChI=1S/C21H24N2O4/c1-14-8-16(12-24)23(11-14)21(25)17-9-19(26-2)20(10-18(17)22)27-13-15-6-4-3-5-7-15/h3-7,9-10,16,24H,1,8,11-13,22H2,2H3/t16-/m0/s1. The Kier molecular flexibility index (Phi) is 5.66. The number of nitrogens with two attached hydrogens (primary N) is 1. The summed E-state index contributed by atoms with van der Waals surface area (Å²) in [6, 6.07) is 12.7. The second-order valence-electron chi connectivity index (χ2n) is 6.59. The molecule has 142 valence electrons. The molecule has 1 atom stereocenters. The minimum atomic E-state index is -0.274. The van der Waals surface area contributed by atoms with Gasteiger partial charge in [0.05, 0.1) is 25.3 Å². The van der Waals surface area contributed by atoms with E-state index < -0.39 is 0 Å². The molecular weight excluding hydrogens is 344 g/mol. The van der Waals surface area contributed by atoms with E-state index in [4.69, 9.17) is 15.2 Å². The quantitative estimate of drug-likeness (QED) is 0.605. The van der Waals surface area contributed by atoms with Gasteiger partial charge in [0.1, 0.15) is 6.61 Å². The summed E-state index contributed by atoms with van der Waals surface area (Å²) in [5.41, 5.74) is 8.69. The van der Waals surface area contributed by atoms with Crippen LogP contribution in [0.5, 0.6) is 11.5 Å². The zero-order valence-corrected chi connectivity index (χ0v) is 15.4. The van der Waals surface area contributed by atoms with Crippen LogP contribution in [0, 0.1) is 0 Å². The molecule has 1 heterocycles. The van der Waals surface area contributed by atoms with E-state index in [0.29, 0.717) is 42.3 Å². The number of amides is 1. The first-order chi connectivity index (χ1) is 13.0. The maximum Gasteiger partial charge on any atom is 0.256 e. The van der Waals surface area contributed by atoms with Crippen molar-refractivity contribution in [2.24, 2.45) is 0 Å². The van der Waals surface area contributed by atoms with Crippen molar-refractivity contribution in [1.29, 1.82) is 0 Å². The number of carbonyl (C=O) groups is 1. The highest BCUT2D eigenvalue weighted by atomic mass is 16.5. The molecule has 27 heavy (non-hydrogen) atoms. The summed E-state index contributed by atoms with van der Waals surface area (Å²) < 4.78 is 11.2. The molecule has 1 fully saturated rings. The fraction of sp³-hybridized carbons (Fsp3) is 0.286. The number of nitrogen functional groups attached to an aromatic ring is 1. The van der Waals surface area contributed by atoms with Crippen molar-refractivity contribution in [2.45, 2.75) is 19.1 Å². The van der Waals surface area contributed by atoms with Crippen LogP contribution >= 0.6 is 0 Å². The van der Waals surface area contributed by atoms with Crippen LogP contribution in [-0.2, 0) is 6.61 Å². The second-order valence-corrected chi connectivity index (χ2v) is 6.59. The maximum atomic E-state index is 12.9. The van der Waals surface area contributed by atoms with Gasteiger partial charge in [-0.1, -0.05) is 42.5 Å². The van der Waals surface area contributed by atoms with Crippen molar-refractivity contribution in [1.82, 2.24) is 4.90 Å². The van der Waals surface area contributed by atoms with E-state index in [-0.39, 0.29) is 18.6 Å². The average molecular weight is 368 g/mol. The maximum absolute atomic E-state index is 12.9. The molecule has 0 aliphatic carbocycles. The number of anilines is 1. The topological polar surface area (TPSA) is 85.0 Å². The number of methoxy groups -OCH3 is 1. The summed E-state index contributed by atoms with van der Waals surface area (Å²) in [6.07, 6.45) is 0.595. The molecule has 2 aromatic carbocycles. The fourth-order valence-corrected chi connectivity index (χ4v) is 3.20. The lowest BCUT2D eigenvalue weighted by molar-refractivity contribution is 0.0680. The average Bonchev–Trinajstić information content (AvgIpc) is 3.07. The summed E-state index contributed by atoms with van der Waals surface area (Å²) in [7, 11) is 1.52. The van der Waals surface area contributed by atoms with Crippen molar-refractivity contribution in [3.8, 4) is 11.5 Å². The van der Waals surface area contributed by atoms with Gasteiger partial charge in [-0.2, -0.15) is 0 Å². The number of nitrogens with zero attached hydrogens (tertiary/aromatic N) is 1. The second kappa shape index (κ2) is 8.14. The number of hydrogen-bond donors (Lipinski definition) is 2. The number of ether oxygens (including phenoxy) is 2. The Morgan fingerprint density at radius 1 is 1.30 bits per heavy atom. The van der Waals surface area contributed by atoms with Crippen LogP contribution in [0.15, 0.2) is 54.6 Å². The number of aliphatic hydroxyl groups is 1. The molecule has 3 rings (SSSR count). The highest BCUT2D eigenvalue weighted by Gasteiger charge is 2.32. The number of rotatable bonds is 6. The number of carbonyl (C=O) groups excluding carboxylic acids is 1. The lowest BCUT2D eigenvalue weighted by atomic mass is 10.1. The molecule has 0 radical (unpaired) electrons. The normalized spacial score (nSPS) is 16.4. The molecular formula is C21H24N2O4. The third kappa shape index (κ3) is 4.06. The van der Waals surface area contributed by atoms with E-state index in [1.807, 2.05) is 30.3 Å². The van der Waals surface area contributed by atoms with Crippen LogP contribution in [0.1, 0.15) is 22.3 Å². The van der Waals surface area contributed by atoms with Gasteiger partial charge in [-0.15, -0.1) is 0 Å². The Hall–Kier alpha value is -2.99. The van der Waals surface area contributed by atoms with Gasteiger partial charge in [0.2, 0.25) is 0 Å². The molecule has 0 spiro atoms. The first-order valence-corrected chi connectivity index (χ1v) is 8.76. The highest BCUT2D eigenvalue weighted by molar-refractivity contribution is 6.00. The van der Waals surface area contributed by atoms with Crippen LogP contribution in [-0.4, -0.2) is 42.2 Å². The summed E-state index contributed by atoms with van der Waals surface area (Å²) in [5, 5.41) is 9.53. The summed E-state index contributed by atoms with van der Waals surface area (Å²) >= 11 is 0. The first kappa shape index (κ1) is 18.8. The van der Waals surface area contributed by atoms with Crippen molar-refractivity contribution < 1.29 is 19.4 Å². The lowest BCUT2D eigenvalue weighted by Gasteiger charge is -2.24. The van der Waals surface area contributed by atoms with Gasteiger partial charge in [0.15, 0.2) is 11.5 Å². The van der Waals surface area contributed by atoms with Gasteiger partial charge in [0.25, 0.3) is 5.91 Å². The zero-order chi connectivity index (χ0) is 19.4. The first-order valence-electron chi connectivity index (χ1n) is 8.76. The van der Waals surface area contributed by atoms with Gasteiger partial charge < -0.3 is 25.2 Å². The van der Waals surface area contributed by atoms with Gasteiger partial charge >= 0.3 is 0 Å². The molecule has 1 amide bonds. The van der Waals surface area contributed by atoms with E-state index in [1.165, 1.54) is 7.11 Å². The van der Waals surface area contributed by atoms with Gasteiger partial charge in [-0.25, -0.2) is 0 Å². The monoisotopic (exact) mass is 368 g/mol. The molecule has 1 saturated heterocycles. The largest absolute Gasteiger partial charge is 0.493 e. The van der Waals surface area contributed by atoms with Gasteiger partial charge in [0, 0.05) is 18.3 Å². The van der Waals surface area contributed by atoms with E-state index in [0.717, 1.165) is 11.1 Å². The fourth-order valence-electron chi connectivity index (χ4n) is 3.20. The van der Waals surface area contributed by atoms with Crippen molar-refractivity contribution in [3.05, 3.63) is 65.7 Å². The Morgan fingerprint density at radius 2 is 2.04 bits per heavy atom. The zero-order valence-electron chi connectivity index (χ0n) is 15.4. The molecule has 1 aliphatic heterocycles. The predicted octanol–water partition coefficient (Wildman–Crippen LogP) is 2.62.